The van der Waals surface area contributed by atoms with Crippen molar-refractivity contribution in [3.05, 3.63) is 46.1 Å². The predicted octanol–water partition coefficient (Wildman–Crippen LogP) is 4.74. The summed E-state index contributed by atoms with van der Waals surface area (Å²) in [6.07, 6.45) is 6.76. The van der Waals surface area contributed by atoms with Crippen LogP contribution in [0.25, 0.3) is 10.1 Å². The quantitative estimate of drug-likeness (QED) is 0.496. The van der Waals surface area contributed by atoms with Crippen LogP contribution in [0.1, 0.15) is 54.3 Å². The fourth-order valence-corrected chi connectivity index (χ4v) is 4.61. The number of hydrogen-bond donors (Lipinski definition) is 1. The van der Waals surface area contributed by atoms with E-state index in [4.69, 9.17) is 9.47 Å². The molecule has 1 heterocycles. The molecular weight excluding hydrogens is 393 g/mol. The average Bonchev–Trinajstić information content (AvgIpc) is 3.09. The van der Waals surface area contributed by atoms with Crippen molar-refractivity contribution < 1.29 is 23.5 Å². The van der Waals surface area contributed by atoms with Crippen molar-refractivity contribution in [2.75, 3.05) is 13.7 Å². The Morgan fingerprint density at radius 1 is 1.31 bits per heavy atom. The number of nitrogens with one attached hydrogen (secondary N) is 1. The lowest BCUT2D eigenvalue weighted by Gasteiger charge is -2.15. The Balaban J connectivity index is 1.63. The van der Waals surface area contributed by atoms with E-state index in [9.17, 15) is 14.0 Å². The molecule has 29 heavy (non-hydrogen) atoms. The van der Waals surface area contributed by atoms with Gasteiger partial charge in [-0.1, -0.05) is 17.7 Å². The Morgan fingerprint density at radius 3 is 2.86 bits per heavy atom. The third-order valence-corrected chi connectivity index (χ3v) is 6.20. The molecule has 1 atom stereocenters. The van der Waals surface area contributed by atoms with Gasteiger partial charge < -0.3 is 14.8 Å². The fraction of sp³-hybridized carbons (Fsp3) is 0.455. The van der Waals surface area contributed by atoms with E-state index in [1.165, 1.54) is 38.5 Å². The molecule has 1 aromatic heterocycles. The molecule has 1 aliphatic carbocycles. The zero-order chi connectivity index (χ0) is 20.8. The zero-order valence-electron chi connectivity index (χ0n) is 16.8. The van der Waals surface area contributed by atoms with Gasteiger partial charge in [0, 0.05) is 29.3 Å². The highest BCUT2D eigenvalue weighted by molar-refractivity contribution is 7.21. The Hall–Kier alpha value is -2.25. The van der Waals surface area contributed by atoms with Crippen molar-refractivity contribution in [3.63, 3.8) is 0 Å². The van der Waals surface area contributed by atoms with Gasteiger partial charge in [0.1, 0.15) is 10.7 Å². The first-order valence-corrected chi connectivity index (χ1v) is 10.7. The highest BCUT2D eigenvalue weighted by Gasteiger charge is 2.25. The van der Waals surface area contributed by atoms with Gasteiger partial charge in [0.2, 0.25) is 0 Å². The summed E-state index contributed by atoms with van der Waals surface area (Å²) in [4.78, 5) is 25.2. The molecule has 1 aromatic carbocycles. The van der Waals surface area contributed by atoms with Gasteiger partial charge in [-0.25, -0.2) is 9.18 Å². The van der Waals surface area contributed by atoms with E-state index in [1.54, 1.807) is 12.1 Å². The lowest BCUT2D eigenvalue weighted by molar-refractivity contribution is -0.129. The van der Waals surface area contributed by atoms with Crippen LogP contribution in [0.15, 0.2) is 29.8 Å². The topological polar surface area (TPSA) is 64.6 Å². The molecule has 0 fully saturated rings. The standard InChI is InChI=1S/C22H26FNO4S/c1-14(21(25)24-12-11-15-7-4-3-5-8-15)28-22(26)20-16(13-27-2)19-17(23)9-6-10-18(19)29-20/h6-7,9-10,14H,3-5,8,11-13H2,1-2H3,(H,24,25)/t14-/m0/s1. The number of halogens is 1. The summed E-state index contributed by atoms with van der Waals surface area (Å²) in [7, 11) is 1.48. The molecule has 7 heteroatoms. The maximum atomic E-state index is 14.3. The van der Waals surface area contributed by atoms with Gasteiger partial charge in [-0.05, 0) is 51.2 Å². The molecule has 0 spiro atoms. The van der Waals surface area contributed by atoms with Crippen LogP contribution in [0.4, 0.5) is 4.39 Å². The Labute approximate surface area is 173 Å². The number of rotatable bonds is 8. The van der Waals surface area contributed by atoms with Crippen molar-refractivity contribution in [1.82, 2.24) is 5.32 Å². The SMILES string of the molecule is COCc1c(C(=O)O[C@@H](C)C(=O)NCCC2=CCCCC2)sc2cccc(F)c12. The molecule has 1 amide bonds. The molecule has 0 radical (unpaired) electrons. The smallest absolute Gasteiger partial charge is 0.349 e. The summed E-state index contributed by atoms with van der Waals surface area (Å²) in [5.41, 5.74) is 1.82. The average molecular weight is 420 g/mol. The summed E-state index contributed by atoms with van der Waals surface area (Å²) < 4.78 is 25.4. The van der Waals surface area contributed by atoms with Gasteiger partial charge in [-0.15, -0.1) is 11.3 Å². The maximum absolute atomic E-state index is 14.3. The monoisotopic (exact) mass is 419 g/mol. The minimum Gasteiger partial charge on any atom is -0.448 e. The first-order valence-electron chi connectivity index (χ1n) is 9.86. The summed E-state index contributed by atoms with van der Waals surface area (Å²) in [5, 5.41) is 3.19. The summed E-state index contributed by atoms with van der Waals surface area (Å²) >= 11 is 1.14. The molecule has 1 aliphatic rings. The number of allylic oxidation sites excluding steroid dienone is 1. The minimum absolute atomic E-state index is 0.0844. The molecule has 0 bridgehead atoms. The first kappa shape index (κ1) is 21.5. The van der Waals surface area contributed by atoms with Crippen LogP contribution in [0, 0.1) is 5.82 Å². The van der Waals surface area contributed by atoms with Crippen LogP contribution >= 0.6 is 11.3 Å². The molecule has 0 unspecified atom stereocenters. The molecule has 2 aromatic rings. The number of benzene rings is 1. The number of fused-ring (bicyclic) bond motifs is 1. The normalized spacial score (nSPS) is 15.1. The van der Waals surface area contributed by atoms with Gasteiger partial charge in [-0.3, -0.25) is 4.79 Å². The third kappa shape index (κ3) is 5.22. The van der Waals surface area contributed by atoms with E-state index >= 15 is 0 Å². The lowest BCUT2D eigenvalue weighted by atomic mass is 9.97. The number of ether oxygens (including phenoxy) is 2. The van der Waals surface area contributed by atoms with Crippen molar-refractivity contribution in [1.29, 1.82) is 0 Å². The summed E-state index contributed by atoms with van der Waals surface area (Å²) in [6.45, 7) is 2.15. The van der Waals surface area contributed by atoms with Crippen molar-refractivity contribution in [3.8, 4) is 0 Å². The van der Waals surface area contributed by atoms with Crippen LogP contribution in [0.3, 0.4) is 0 Å². The van der Waals surface area contributed by atoms with Gasteiger partial charge in [-0.2, -0.15) is 0 Å². The number of methoxy groups -OCH3 is 1. The molecule has 156 valence electrons. The molecule has 0 saturated carbocycles. The van der Waals surface area contributed by atoms with E-state index in [1.807, 2.05) is 0 Å². The second-order valence-electron chi connectivity index (χ2n) is 7.15. The number of thiophene rings is 1. The van der Waals surface area contributed by atoms with E-state index in [0.29, 0.717) is 22.2 Å². The number of esters is 1. The van der Waals surface area contributed by atoms with Crippen LogP contribution < -0.4 is 5.32 Å². The van der Waals surface area contributed by atoms with E-state index < -0.39 is 17.9 Å². The maximum Gasteiger partial charge on any atom is 0.349 e. The molecule has 0 aliphatic heterocycles. The van der Waals surface area contributed by atoms with Gasteiger partial charge in [0.15, 0.2) is 6.10 Å². The predicted molar refractivity (Wildman–Crippen MR) is 112 cm³/mol. The number of hydrogen-bond acceptors (Lipinski definition) is 5. The number of carbonyl (C=O) groups is 2. The summed E-state index contributed by atoms with van der Waals surface area (Å²) in [5.74, 6) is -1.39. The van der Waals surface area contributed by atoms with Gasteiger partial charge in [0.25, 0.3) is 5.91 Å². The summed E-state index contributed by atoms with van der Waals surface area (Å²) in [6, 6.07) is 4.69. The molecule has 5 nitrogen and oxygen atoms in total. The number of amides is 1. The van der Waals surface area contributed by atoms with Crippen molar-refractivity contribution in [2.24, 2.45) is 0 Å². The van der Waals surface area contributed by atoms with Gasteiger partial charge >= 0.3 is 5.97 Å². The fourth-order valence-electron chi connectivity index (χ4n) is 3.50. The first-order chi connectivity index (χ1) is 14.0. The Morgan fingerprint density at radius 2 is 2.14 bits per heavy atom. The highest BCUT2D eigenvalue weighted by Crippen LogP contribution is 2.34. The van der Waals surface area contributed by atoms with Crippen LogP contribution in [-0.4, -0.2) is 31.6 Å². The van der Waals surface area contributed by atoms with Crippen LogP contribution in [0.2, 0.25) is 0 Å². The molecule has 3 rings (SSSR count). The third-order valence-electron chi connectivity index (χ3n) is 5.02. The Bertz CT molecular complexity index is 921. The molecular formula is C22H26FNO4S. The van der Waals surface area contributed by atoms with Crippen LogP contribution in [0.5, 0.6) is 0 Å². The van der Waals surface area contributed by atoms with Gasteiger partial charge in [0.05, 0.1) is 6.61 Å². The Kier molecular flexibility index (Phi) is 7.39. The number of carbonyl (C=O) groups excluding carboxylic acids is 2. The van der Waals surface area contributed by atoms with Crippen molar-refractivity contribution >= 4 is 33.3 Å². The molecule has 1 N–H and O–H groups in total. The minimum atomic E-state index is -0.937. The van der Waals surface area contributed by atoms with E-state index in [2.05, 4.69) is 11.4 Å². The van der Waals surface area contributed by atoms with E-state index in [-0.39, 0.29) is 17.4 Å². The van der Waals surface area contributed by atoms with E-state index in [0.717, 1.165) is 30.6 Å². The highest BCUT2D eigenvalue weighted by atomic mass is 32.1. The van der Waals surface area contributed by atoms with Crippen LogP contribution in [-0.2, 0) is 20.9 Å². The van der Waals surface area contributed by atoms with Crippen molar-refractivity contribution in [2.45, 2.75) is 51.7 Å². The second-order valence-corrected chi connectivity index (χ2v) is 8.20. The largest absolute Gasteiger partial charge is 0.448 e. The second kappa shape index (κ2) is 9.98. The molecule has 0 saturated heterocycles. The zero-order valence-corrected chi connectivity index (χ0v) is 17.6. The lowest BCUT2D eigenvalue weighted by Crippen LogP contribution is -2.36.